The molecule has 0 radical (unpaired) electrons. The van der Waals surface area contributed by atoms with E-state index in [2.05, 4.69) is 20.8 Å². The van der Waals surface area contributed by atoms with Crippen molar-refractivity contribution in [1.82, 2.24) is 25.7 Å². The van der Waals surface area contributed by atoms with E-state index in [1.807, 2.05) is 13.0 Å². The molecule has 0 spiro atoms. The van der Waals surface area contributed by atoms with Crippen molar-refractivity contribution in [2.75, 3.05) is 20.2 Å². The topological polar surface area (TPSA) is 144 Å². The van der Waals surface area contributed by atoms with Crippen LogP contribution < -0.4 is 15.4 Å². The van der Waals surface area contributed by atoms with E-state index in [4.69, 9.17) is 9.26 Å². The molecule has 2 N–H and O–H groups in total. The molecular weight excluding hydrogens is 514 g/mol. The number of hydrogen-bond acceptors (Lipinski definition) is 8. The Hall–Kier alpha value is -4.28. The fraction of sp³-hybridized carbons (Fsp3) is 0.448. The summed E-state index contributed by atoms with van der Waals surface area (Å²) in [5, 5.41) is 10.1. The number of rotatable bonds is 14. The average Bonchev–Trinajstić information content (AvgIpc) is 3.48. The van der Waals surface area contributed by atoms with E-state index in [9.17, 15) is 19.2 Å². The van der Waals surface area contributed by atoms with Crippen LogP contribution in [-0.4, -0.2) is 65.3 Å². The zero-order chi connectivity index (χ0) is 28.6. The second-order valence-electron chi connectivity index (χ2n) is 9.90. The number of aryl methyl sites for hydroxylation is 2. The van der Waals surface area contributed by atoms with Crippen LogP contribution in [-0.2, 0) is 16.1 Å². The molecule has 3 aromatic rings. The molecule has 40 heavy (non-hydrogen) atoms. The van der Waals surface area contributed by atoms with E-state index in [0.29, 0.717) is 59.1 Å². The molecule has 0 aliphatic carbocycles. The fourth-order valence-corrected chi connectivity index (χ4v) is 4.95. The number of amides is 3. The Kier molecular flexibility index (Phi) is 9.47. The largest absolute Gasteiger partial charge is 0.494 e. The van der Waals surface area contributed by atoms with Gasteiger partial charge in [0.2, 0.25) is 5.91 Å². The highest BCUT2D eigenvalue weighted by molar-refractivity contribution is 6.06. The second-order valence-corrected chi connectivity index (χ2v) is 9.90. The SMILES string of the molecule is CNC(=O)C(CCC=O)N1Cc2cc(OCCCCCCNC(=O)c3cc(C)nc4onc(C)c34)ccc2C1=O. The molecule has 0 saturated heterocycles. The molecule has 4 rings (SSSR count). The molecule has 1 aliphatic rings. The summed E-state index contributed by atoms with van der Waals surface area (Å²) in [5.41, 5.74) is 3.60. The predicted octanol–water partition coefficient (Wildman–Crippen LogP) is 3.26. The maximum atomic E-state index is 12.9. The van der Waals surface area contributed by atoms with Crippen LogP contribution in [0.5, 0.6) is 5.75 Å². The summed E-state index contributed by atoms with van der Waals surface area (Å²) in [5.74, 6) is 0.0135. The van der Waals surface area contributed by atoms with Gasteiger partial charge >= 0.3 is 0 Å². The van der Waals surface area contributed by atoms with Crippen molar-refractivity contribution in [1.29, 1.82) is 0 Å². The third-order valence-electron chi connectivity index (χ3n) is 7.01. The molecule has 1 atom stereocenters. The number of unbranched alkanes of at least 4 members (excludes halogenated alkanes) is 3. The number of carbonyl (C=O) groups excluding carboxylic acids is 4. The molecule has 11 nitrogen and oxygen atoms in total. The quantitative estimate of drug-likeness (QED) is 0.230. The van der Waals surface area contributed by atoms with Crippen LogP contribution >= 0.6 is 0 Å². The number of pyridine rings is 1. The Balaban J connectivity index is 1.18. The van der Waals surface area contributed by atoms with Gasteiger partial charge in [-0.15, -0.1) is 0 Å². The lowest BCUT2D eigenvalue weighted by atomic mass is 10.1. The molecule has 0 fully saturated rings. The average molecular weight is 550 g/mol. The van der Waals surface area contributed by atoms with Crippen LogP contribution in [0, 0.1) is 13.8 Å². The van der Waals surface area contributed by atoms with Gasteiger partial charge in [-0.2, -0.15) is 0 Å². The zero-order valence-electron chi connectivity index (χ0n) is 23.1. The summed E-state index contributed by atoms with van der Waals surface area (Å²) < 4.78 is 11.1. The first kappa shape index (κ1) is 28.7. The first-order valence-electron chi connectivity index (χ1n) is 13.6. The van der Waals surface area contributed by atoms with Gasteiger partial charge in [-0.1, -0.05) is 18.0 Å². The summed E-state index contributed by atoms with van der Waals surface area (Å²) in [6, 6.07) is 6.41. The summed E-state index contributed by atoms with van der Waals surface area (Å²) in [6.45, 7) is 5.00. The maximum Gasteiger partial charge on any atom is 0.258 e. The fourth-order valence-electron chi connectivity index (χ4n) is 4.95. The van der Waals surface area contributed by atoms with Crippen LogP contribution in [0.15, 0.2) is 28.8 Å². The lowest BCUT2D eigenvalue weighted by Gasteiger charge is -2.25. The normalized spacial score (nSPS) is 13.3. The zero-order valence-corrected chi connectivity index (χ0v) is 23.1. The van der Waals surface area contributed by atoms with Gasteiger partial charge < -0.3 is 29.6 Å². The highest BCUT2D eigenvalue weighted by Crippen LogP contribution is 2.29. The van der Waals surface area contributed by atoms with E-state index >= 15 is 0 Å². The highest BCUT2D eigenvalue weighted by Gasteiger charge is 2.36. The molecule has 0 saturated carbocycles. The molecule has 1 unspecified atom stereocenters. The number of nitrogens with zero attached hydrogens (tertiary/aromatic N) is 3. The monoisotopic (exact) mass is 549 g/mol. The summed E-state index contributed by atoms with van der Waals surface area (Å²) in [6.07, 6.45) is 4.82. The third-order valence-corrected chi connectivity index (χ3v) is 7.01. The van der Waals surface area contributed by atoms with Crippen molar-refractivity contribution in [3.8, 4) is 5.75 Å². The van der Waals surface area contributed by atoms with Crippen LogP contribution in [0.2, 0.25) is 0 Å². The van der Waals surface area contributed by atoms with Crippen LogP contribution in [0.3, 0.4) is 0 Å². The first-order chi connectivity index (χ1) is 19.3. The molecule has 1 aromatic carbocycles. The maximum absolute atomic E-state index is 12.9. The van der Waals surface area contributed by atoms with Crippen molar-refractivity contribution < 1.29 is 28.4 Å². The predicted molar refractivity (Wildman–Crippen MR) is 147 cm³/mol. The smallest absolute Gasteiger partial charge is 0.258 e. The number of hydrogen-bond donors (Lipinski definition) is 2. The van der Waals surface area contributed by atoms with Crippen LogP contribution in [0.25, 0.3) is 11.1 Å². The number of nitrogens with one attached hydrogen (secondary N) is 2. The molecule has 11 heteroatoms. The van der Waals surface area contributed by atoms with E-state index in [-0.39, 0.29) is 30.6 Å². The number of fused-ring (bicyclic) bond motifs is 2. The standard InChI is InChI=1S/C29H35N5O6/c1-18-15-23(25-19(2)33-40-28(25)32-18)26(36)31-12-6-4-5-7-14-39-21-10-11-22-20(16-21)17-34(29(22)38)24(9-8-13-35)27(37)30-3/h10-11,13,15-16,24H,4-9,12,14,17H2,1-3H3,(H,30,37)(H,31,36). The summed E-state index contributed by atoms with van der Waals surface area (Å²) in [4.78, 5) is 54.6. The third kappa shape index (κ3) is 6.47. The Morgan fingerprint density at radius 3 is 2.75 bits per heavy atom. The Morgan fingerprint density at radius 1 is 1.18 bits per heavy atom. The van der Waals surface area contributed by atoms with E-state index in [1.165, 1.54) is 11.9 Å². The molecule has 212 valence electrons. The number of aldehydes is 1. The first-order valence-corrected chi connectivity index (χ1v) is 13.6. The van der Waals surface area contributed by atoms with Gasteiger partial charge in [-0.05, 0) is 62.9 Å². The molecule has 0 bridgehead atoms. The minimum atomic E-state index is -0.689. The van der Waals surface area contributed by atoms with Crippen LogP contribution in [0.1, 0.15) is 76.2 Å². The minimum absolute atomic E-state index is 0.163. The molecule has 1 aliphatic heterocycles. The number of likely N-dealkylation sites (N-methyl/N-ethyl adjacent to an activating group) is 1. The van der Waals surface area contributed by atoms with Crippen molar-refractivity contribution in [2.24, 2.45) is 0 Å². The highest BCUT2D eigenvalue weighted by atomic mass is 16.5. The van der Waals surface area contributed by atoms with E-state index in [0.717, 1.165) is 37.5 Å². The molecular formula is C29H35N5O6. The number of carbonyl (C=O) groups is 4. The Bertz CT molecular complexity index is 1400. The lowest BCUT2D eigenvalue weighted by Crippen LogP contribution is -2.46. The number of aromatic nitrogens is 2. The lowest BCUT2D eigenvalue weighted by molar-refractivity contribution is -0.125. The number of benzene rings is 1. The van der Waals surface area contributed by atoms with Gasteiger partial charge in [-0.25, -0.2) is 4.98 Å². The molecule has 3 heterocycles. The Labute approximate surface area is 232 Å². The van der Waals surface area contributed by atoms with Crippen molar-refractivity contribution in [3.63, 3.8) is 0 Å². The van der Waals surface area contributed by atoms with Crippen molar-refractivity contribution in [2.45, 2.75) is 65.0 Å². The van der Waals surface area contributed by atoms with Gasteiger partial charge in [0.05, 0.1) is 23.3 Å². The molecule has 3 amide bonds. The van der Waals surface area contributed by atoms with Crippen molar-refractivity contribution in [3.05, 3.63) is 52.3 Å². The second kappa shape index (κ2) is 13.2. The van der Waals surface area contributed by atoms with Gasteiger partial charge in [-0.3, -0.25) is 14.4 Å². The van der Waals surface area contributed by atoms with Gasteiger partial charge in [0.15, 0.2) is 0 Å². The minimum Gasteiger partial charge on any atom is -0.494 e. The van der Waals surface area contributed by atoms with E-state index < -0.39 is 6.04 Å². The van der Waals surface area contributed by atoms with E-state index in [1.54, 1.807) is 25.1 Å². The van der Waals surface area contributed by atoms with Crippen molar-refractivity contribution >= 4 is 35.1 Å². The van der Waals surface area contributed by atoms with Crippen LogP contribution in [0.4, 0.5) is 0 Å². The number of ether oxygens (including phenoxy) is 1. The molecule has 2 aromatic heterocycles. The van der Waals surface area contributed by atoms with Gasteiger partial charge in [0, 0.05) is 37.8 Å². The van der Waals surface area contributed by atoms with Gasteiger partial charge in [0.25, 0.3) is 17.5 Å². The summed E-state index contributed by atoms with van der Waals surface area (Å²) >= 11 is 0. The Morgan fingerprint density at radius 2 is 1.98 bits per heavy atom. The van der Waals surface area contributed by atoms with Gasteiger partial charge in [0.1, 0.15) is 18.1 Å². The summed E-state index contributed by atoms with van der Waals surface area (Å²) in [7, 11) is 1.52.